The minimum absolute atomic E-state index is 0.0841. The number of hydrogen-bond acceptors (Lipinski definition) is 3. The third kappa shape index (κ3) is 4.58. The predicted molar refractivity (Wildman–Crippen MR) is 107 cm³/mol. The second-order valence-corrected chi connectivity index (χ2v) is 7.21. The molecule has 1 aliphatic carbocycles. The molecule has 27 heavy (non-hydrogen) atoms. The second kappa shape index (κ2) is 7.70. The maximum absolute atomic E-state index is 12.5. The van der Waals surface area contributed by atoms with Crippen molar-refractivity contribution in [2.24, 2.45) is 5.92 Å². The highest BCUT2D eigenvalue weighted by Crippen LogP contribution is 2.30. The normalized spacial score (nSPS) is 18.8. The molecular formula is C21H24N4O2. The van der Waals surface area contributed by atoms with Crippen molar-refractivity contribution in [1.82, 2.24) is 4.90 Å². The summed E-state index contributed by atoms with van der Waals surface area (Å²) in [6.45, 7) is 1.40. The SMILES string of the molecule is O=C(Nc1ccc(NC(=O)N2CCC(Nc3ccccc3)C2)cc1)C1CC1. The molecule has 1 atom stereocenters. The molecule has 1 aliphatic heterocycles. The highest BCUT2D eigenvalue weighted by Gasteiger charge is 2.29. The van der Waals surface area contributed by atoms with Gasteiger partial charge in [-0.2, -0.15) is 0 Å². The number of likely N-dealkylation sites (tertiary alicyclic amines) is 1. The van der Waals surface area contributed by atoms with Gasteiger partial charge in [-0.1, -0.05) is 18.2 Å². The molecule has 2 fully saturated rings. The number of carbonyl (C=O) groups is 2. The van der Waals surface area contributed by atoms with Gasteiger partial charge in [-0.25, -0.2) is 4.79 Å². The molecule has 0 bridgehead atoms. The van der Waals surface area contributed by atoms with Crippen molar-refractivity contribution < 1.29 is 9.59 Å². The summed E-state index contributed by atoms with van der Waals surface area (Å²) in [6.07, 6.45) is 2.89. The van der Waals surface area contributed by atoms with Crippen LogP contribution in [0.2, 0.25) is 0 Å². The predicted octanol–water partition coefficient (Wildman–Crippen LogP) is 3.75. The molecule has 1 saturated carbocycles. The van der Waals surface area contributed by atoms with E-state index < -0.39 is 0 Å². The van der Waals surface area contributed by atoms with E-state index in [1.165, 1.54) is 0 Å². The Bertz CT molecular complexity index is 803. The van der Waals surface area contributed by atoms with Gasteiger partial charge in [0.15, 0.2) is 0 Å². The van der Waals surface area contributed by atoms with E-state index in [0.29, 0.717) is 6.54 Å². The van der Waals surface area contributed by atoms with Crippen LogP contribution in [-0.4, -0.2) is 36.0 Å². The van der Waals surface area contributed by atoms with Gasteiger partial charge in [-0.05, 0) is 55.7 Å². The highest BCUT2D eigenvalue weighted by molar-refractivity contribution is 5.94. The molecule has 1 heterocycles. The third-order valence-electron chi connectivity index (χ3n) is 4.97. The van der Waals surface area contributed by atoms with E-state index in [1.807, 2.05) is 59.5 Å². The average molecular weight is 364 g/mol. The molecule has 4 rings (SSSR count). The maximum atomic E-state index is 12.5. The number of anilines is 3. The van der Waals surface area contributed by atoms with Crippen molar-refractivity contribution in [2.75, 3.05) is 29.0 Å². The van der Waals surface area contributed by atoms with Crippen molar-refractivity contribution in [1.29, 1.82) is 0 Å². The lowest BCUT2D eigenvalue weighted by Gasteiger charge is -2.18. The van der Waals surface area contributed by atoms with Crippen molar-refractivity contribution in [2.45, 2.75) is 25.3 Å². The number of para-hydroxylation sites is 1. The van der Waals surface area contributed by atoms with Crippen LogP contribution in [0.5, 0.6) is 0 Å². The molecule has 140 valence electrons. The van der Waals surface area contributed by atoms with Crippen molar-refractivity contribution in [3.8, 4) is 0 Å². The molecule has 3 amide bonds. The van der Waals surface area contributed by atoms with Crippen LogP contribution in [0.15, 0.2) is 54.6 Å². The zero-order chi connectivity index (χ0) is 18.6. The van der Waals surface area contributed by atoms with Crippen LogP contribution in [0.4, 0.5) is 21.9 Å². The van der Waals surface area contributed by atoms with Crippen LogP contribution in [0.3, 0.4) is 0 Å². The standard InChI is InChI=1S/C21H24N4O2/c26-20(15-6-7-15)23-17-8-10-18(11-9-17)24-21(27)25-13-12-19(14-25)22-16-4-2-1-3-5-16/h1-5,8-11,15,19,22H,6-7,12-14H2,(H,23,26)(H,24,27). The molecule has 2 aromatic carbocycles. The smallest absolute Gasteiger partial charge is 0.321 e. The van der Waals surface area contributed by atoms with Gasteiger partial charge < -0.3 is 20.9 Å². The molecule has 0 radical (unpaired) electrons. The first kappa shape index (κ1) is 17.4. The monoisotopic (exact) mass is 364 g/mol. The van der Waals surface area contributed by atoms with E-state index in [-0.39, 0.29) is 23.9 Å². The van der Waals surface area contributed by atoms with E-state index in [0.717, 1.165) is 42.9 Å². The van der Waals surface area contributed by atoms with Crippen molar-refractivity contribution >= 4 is 29.0 Å². The Morgan fingerprint density at radius 3 is 2.15 bits per heavy atom. The first-order valence-electron chi connectivity index (χ1n) is 9.46. The van der Waals surface area contributed by atoms with Gasteiger partial charge in [0.2, 0.25) is 5.91 Å². The lowest BCUT2D eigenvalue weighted by Crippen LogP contribution is -2.34. The molecular weight excluding hydrogens is 340 g/mol. The molecule has 0 aromatic heterocycles. The summed E-state index contributed by atoms with van der Waals surface area (Å²) in [5.74, 6) is 0.262. The minimum atomic E-state index is -0.0953. The van der Waals surface area contributed by atoms with E-state index >= 15 is 0 Å². The summed E-state index contributed by atoms with van der Waals surface area (Å²) >= 11 is 0. The van der Waals surface area contributed by atoms with Crippen LogP contribution in [-0.2, 0) is 4.79 Å². The molecule has 1 unspecified atom stereocenters. The number of carbonyl (C=O) groups excluding carboxylic acids is 2. The van der Waals surface area contributed by atoms with Gasteiger partial charge in [-0.3, -0.25) is 4.79 Å². The van der Waals surface area contributed by atoms with Gasteiger partial charge in [0.25, 0.3) is 0 Å². The lowest BCUT2D eigenvalue weighted by atomic mass is 10.2. The fraction of sp³-hybridized carbons (Fsp3) is 0.333. The van der Waals surface area contributed by atoms with Crippen LogP contribution in [0, 0.1) is 5.92 Å². The summed E-state index contributed by atoms with van der Waals surface area (Å²) in [6, 6.07) is 17.5. The molecule has 3 N–H and O–H groups in total. The molecule has 2 aromatic rings. The van der Waals surface area contributed by atoms with Crippen LogP contribution in [0.25, 0.3) is 0 Å². The Morgan fingerprint density at radius 1 is 0.815 bits per heavy atom. The number of urea groups is 1. The summed E-state index contributed by atoms with van der Waals surface area (Å²) in [5, 5.41) is 9.30. The van der Waals surface area contributed by atoms with Crippen LogP contribution in [0.1, 0.15) is 19.3 Å². The minimum Gasteiger partial charge on any atom is -0.380 e. The number of amides is 3. The fourth-order valence-electron chi connectivity index (χ4n) is 3.26. The number of hydrogen-bond donors (Lipinski definition) is 3. The molecule has 6 nitrogen and oxygen atoms in total. The number of nitrogens with one attached hydrogen (secondary N) is 3. The summed E-state index contributed by atoms with van der Waals surface area (Å²) < 4.78 is 0. The number of rotatable bonds is 5. The van der Waals surface area contributed by atoms with E-state index in [9.17, 15) is 9.59 Å². The summed E-state index contributed by atoms with van der Waals surface area (Å²) in [7, 11) is 0. The molecule has 1 saturated heterocycles. The van der Waals surface area contributed by atoms with E-state index in [2.05, 4.69) is 16.0 Å². The Hall–Kier alpha value is -3.02. The zero-order valence-electron chi connectivity index (χ0n) is 15.2. The summed E-state index contributed by atoms with van der Waals surface area (Å²) in [5.41, 5.74) is 2.57. The topological polar surface area (TPSA) is 73.5 Å². The van der Waals surface area contributed by atoms with Gasteiger partial charge in [-0.15, -0.1) is 0 Å². The molecule has 6 heteroatoms. The van der Waals surface area contributed by atoms with E-state index in [4.69, 9.17) is 0 Å². The summed E-state index contributed by atoms with van der Waals surface area (Å²) in [4.78, 5) is 26.1. The number of nitrogens with zero attached hydrogens (tertiary/aromatic N) is 1. The molecule has 0 spiro atoms. The average Bonchev–Trinajstić information content (AvgIpc) is 3.44. The maximum Gasteiger partial charge on any atom is 0.321 e. The highest BCUT2D eigenvalue weighted by atomic mass is 16.2. The van der Waals surface area contributed by atoms with Gasteiger partial charge in [0, 0.05) is 42.1 Å². The largest absolute Gasteiger partial charge is 0.380 e. The molecule has 2 aliphatic rings. The lowest BCUT2D eigenvalue weighted by molar-refractivity contribution is -0.117. The van der Waals surface area contributed by atoms with Crippen molar-refractivity contribution in [3.05, 3.63) is 54.6 Å². The van der Waals surface area contributed by atoms with Gasteiger partial charge >= 0.3 is 6.03 Å². The number of benzene rings is 2. The van der Waals surface area contributed by atoms with Gasteiger partial charge in [0.05, 0.1) is 0 Å². The Labute approximate surface area is 158 Å². The Morgan fingerprint density at radius 2 is 1.48 bits per heavy atom. The Kier molecular flexibility index (Phi) is 4.96. The third-order valence-corrected chi connectivity index (χ3v) is 4.97. The van der Waals surface area contributed by atoms with Crippen LogP contribution >= 0.6 is 0 Å². The van der Waals surface area contributed by atoms with E-state index in [1.54, 1.807) is 0 Å². The van der Waals surface area contributed by atoms with Gasteiger partial charge in [0.1, 0.15) is 0 Å². The fourth-order valence-corrected chi connectivity index (χ4v) is 3.26. The Balaban J connectivity index is 1.27. The van der Waals surface area contributed by atoms with Crippen molar-refractivity contribution in [3.63, 3.8) is 0 Å². The first-order chi connectivity index (χ1) is 13.2. The first-order valence-corrected chi connectivity index (χ1v) is 9.46. The quantitative estimate of drug-likeness (QED) is 0.756. The van der Waals surface area contributed by atoms with Crippen LogP contribution < -0.4 is 16.0 Å². The second-order valence-electron chi connectivity index (χ2n) is 7.21. The zero-order valence-corrected chi connectivity index (χ0v) is 15.2.